The van der Waals surface area contributed by atoms with E-state index in [1.54, 1.807) is 0 Å². The van der Waals surface area contributed by atoms with Crippen molar-refractivity contribution in [1.29, 1.82) is 0 Å². The van der Waals surface area contributed by atoms with Crippen LogP contribution in [0.4, 0.5) is 0 Å². The highest BCUT2D eigenvalue weighted by Gasteiger charge is 2.48. The molecule has 5 heteroatoms. The van der Waals surface area contributed by atoms with Crippen LogP contribution in [0.5, 0.6) is 0 Å². The van der Waals surface area contributed by atoms with Crippen LogP contribution in [0.3, 0.4) is 0 Å². The molecule has 2 saturated heterocycles. The summed E-state index contributed by atoms with van der Waals surface area (Å²) >= 11 is 0. The number of hydrogen-bond acceptors (Lipinski definition) is 3. The van der Waals surface area contributed by atoms with E-state index in [2.05, 4.69) is 22.5 Å². The first kappa shape index (κ1) is 13.3. The molecule has 1 spiro atoms. The van der Waals surface area contributed by atoms with Gasteiger partial charge in [-0.05, 0) is 20.3 Å². The average molecular weight is 253 g/mol. The topological polar surface area (TPSA) is 62.7 Å². The van der Waals surface area contributed by atoms with E-state index in [-0.39, 0.29) is 18.1 Å². The Kier molecular flexibility index (Phi) is 3.90. The molecule has 0 aliphatic carbocycles. The van der Waals surface area contributed by atoms with E-state index in [1.807, 2.05) is 13.8 Å². The van der Waals surface area contributed by atoms with Crippen molar-refractivity contribution in [3.05, 3.63) is 0 Å². The van der Waals surface area contributed by atoms with Gasteiger partial charge in [-0.25, -0.2) is 0 Å². The Bertz CT molecular complexity index is 352. The fourth-order valence-corrected chi connectivity index (χ4v) is 2.64. The summed E-state index contributed by atoms with van der Waals surface area (Å²) in [4.78, 5) is 16.6. The summed E-state index contributed by atoms with van der Waals surface area (Å²) in [5.74, 6) is 0.665. The molecule has 2 unspecified atom stereocenters. The monoisotopic (exact) mass is 253 g/mol. The van der Waals surface area contributed by atoms with Crippen LogP contribution < -0.4 is 10.6 Å². The maximum Gasteiger partial charge on any atom is 0.252 e. The van der Waals surface area contributed by atoms with E-state index in [0.717, 1.165) is 25.7 Å². The van der Waals surface area contributed by atoms with Crippen LogP contribution in [0, 0.1) is 0 Å². The van der Waals surface area contributed by atoms with Crippen LogP contribution in [0.15, 0.2) is 4.99 Å². The number of guanidine groups is 1. The van der Waals surface area contributed by atoms with E-state index in [0.29, 0.717) is 12.6 Å². The summed E-state index contributed by atoms with van der Waals surface area (Å²) in [5, 5.41) is 6.14. The van der Waals surface area contributed by atoms with Gasteiger partial charge in [-0.2, -0.15) is 0 Å². The minimum atomic E-state index is -0.494. The first-order valence-electron chi connectivity index (χ1n) is 6.85. The van der Waals surface area contributed by atoms with E-state index in [9.17, 15) is 4.79 Å². The Morgan fingerprint density at radius 1 is 1.56 bits per heavy atom. The molecule has 2 fully saturated rings. The number of carbonyl (C=O) groups is 1. The van der Waals surface area contributed by atoms with Gasteiger partial charge in [0.15, 0.2) is 5.96 Å². The molecule has 2 N–H and O–H groups in total. The molecule has 0 aromatic heterocycles. The van der Waals surface area contributed by atoms with Crippen LogP contribution in [0.1, 0.15) is 46.5 Å². The van der Waals surface area contributed by atoms with Gasteiger partial charge in [0, 0.05) is 25.5 Å². The molecule has 0 saturated carbocycles. The molecule has 2 rings (SSSR count). The van der Waals surface area contributed by atoms with Crippen LogP contribution in [0.25, 0.3) is 0 Å². The molecular weight excluding hydrogens is 230 g/mol. The number of hydrogen-bond donors (Lipinski definition) is 2. The fraction of sp³-hybridized carbons (Fsp3) is 0.846. The van der Waals surface area contributed by atoms with Crippen LogP contribution in [-0.2, 0) is 9.53 Å². The highest BCUT2D eigenvalue weighted by molar-refractivity contribution is 6.09. The summed E-state index contributed by atoms with van der Waals surface area (Å²) in [5.41, 5.74) is -0.494. The predicted molar refractivity (Wildman–Crippen MR) is 70.5 cm³/mol. The molecular formula is C13H23N3O2. The maximum absolute atomic E-state index is 12.2. The second kappa shape index (κ2) is 5.26. The van der Waals surface area contributed by atoms with E-state index >= 15 is 0 Å². The summed E-state index contributed by atoms with van der Waals surface area (Å²) in [7, 11) is 0. The van der Waals surface area contributed by atoms with Gasteiger partial charge in [0.05, 0.1) is 6.10 Å². The molecule has 5 nitrogen and oxygen atoms in total. The van der Waals surface area contributed by atoms with Crippen LogP contribution >= 0.6 is 0 Å². The van der Waals surface area contributed by atoms with Gasteiger partial charge in [-0.3, -0.25) is 15.1 Å². The third-order valence-corrected chi connectivity index (χ3v) is 3.48. The standard InChI is InChI=1S/C13H23N3O2/c1-4-5-10-8-13(6-7-18-10)11(17)15-12(16-13)14-9(2)3/h9-10H,4-8H2,1-3H3,(H2,14,15,16,17). The summed E-state index contributed by atoms with van der Waals surface area (Å²) in [6.07, 6.45) is 3.73. The number of nitrogens with one attached hydrogen (secondary N) is 2. The number of carbonyl (C=O) groups excluding carboxylic acids is 1. The smallest absolute Gasteiger partial charge is 0.252 e. The van der Waals surface area contributed by atoms with Crippen molar-refractivity contribution < 1.29 is 9.53 Å². The third-order valence-electron chi connectivity index (χ3n) is 3.48. The zero-order chi connectivity index (χ0) is 13.2. The summed E-state index contributed by atoms with van der Waals surface area (Å²) in [6, 6.07) is 0.175. The van der Waals surface area contributed by atoms with Crippen molar-refractivity contribution in [2.45, 2.75) is 64.1 Å². The molecule has 0 aromatic carbocycles. The highest BCUT2D eigenvalue weighted by atomic mass is 16.5. The molecule has 102 valence electrons. The van der Waals surface area contributed by atoms with Gasteiger partial charge in [0.1, 0.15) is 5.54 Å². The van der Waals surface area contributed by atoms with Gasteiger partial charge in [0.25, 0.3) is 5.91 Å². The quantitative estimate of drug-likeness (QED) is 0.794. The largest absolute Gasteiger partial charge is 0.378 e. The lowest BCUT2D eigenvalue weighted by Gasteiger charge is -2.35. The van der Waals surface area contributed by atoms with Gasteiger partial charge in [-0.15, -0.1) is 0 Å². The lowest BCUT2D eigenvalue weighted by atomic mass is 9.85. The van der Waals surface area contributed by atoms with Crippen molar-refractivity contribution >= 4 is 11.9 Å². The molecule has 2 aliphatic heterocycles. The molecule has 0 bridgehead atoms. The van der Waals surface area contributed by atoms with E-state index < -0.39 is 5.54 Å². The Labute approximate surface area is 108 Å². The third kappa shape index (κ3) is 2.66. The zero-order valence-electron chi connectivity index (χ0n) is 11.5. The van der Waals surface area contributed by atoms with Crippen molar-refractivity contribution in [2.75, 3.05) is 6.61 Å². The number of aliphatic imine (C=N–C) groups is 1. The zero-order valence-corrected chi connectivity index (χ0v) is 11.5. The van der Waals surface area contributed by atoms with Crippen molar-refractivity contribution in [2.24, 2.45) is 4.99 Å². The van der Waals surface area contributed by atoms with Gasteiger partial charge in [0.2, 0.25) is 0 Å². The Hall–Kier alpha value is -1.10. The molecule has 2 aliphatic rings. The minimum Gasteiger partial charge on any atom is -0.378 e. The molecule has 2 atom stereocenters. The van der Waals surface area contributed by atoms with Crippen molar-refractivity contribution in [1.82, 2.24) is 10.6 Å². The lowest BCUT2D eigenvalue weighted by Crippen LogP contribution is -2.53. The highest BCUT2D eigenvalue weighted by Crippen LogP contribution is 2.29. The molecule has 0 aromatic rings. The van der Waals surface area contributed by atoms with Gasteiger partial charge in [-0.1, -0.05) is 13.3 Å². The van der Waals surface area contributed by atoms with Crippen LogP contribution in [-0.4, -0.2) is 36.2 Å². The predicted octanol–water partition coefficient (Wildman–Crippen LogP) is 1.19. The summed E-state index contributed by atoms with van der Waals surface area (Å²) in [6.45, 7) is 6.77. The Balaban J connectivity index is 2.09. The number of nitrogens with zero attached hydrogens (tertiary/aromatic N) is 1. The number of amides is 1. The Morgan fingerprint density at radius 3 is 3.00 bits per heavy atom. The van der Waals surface area contributed by atoms with Gasteiger partial charge < -0.3 is 10.1 Å². The van der Waals surface area contributed by atoms with E-state index in [4.69, 9.17) is 4.74 Å². The second-order valence-electron chi connectivity index (χ2n) is 5.47. The lowest BCUT2D eigenvalue weighted by molar-refractivity contribution is -0.130. The fourth-order valence-electron chi connectivity index (χ4n) is 2.64. The molecule has 18 heavy (non-hydrogen) atoms. The second-order valence-corrected chi connectivity index (χ2v) is 5.47. The molecule has 1 amide bonds. The Morgan fingerprint density at radius 2 is 2.33 bits per heavy atom. The molecule has 2 heterocycles. The van der Waals surface area contributed by atoms with Gasteiger partial charge >= 0.3 is 0 Å². The maximum atomic E-state index is 12.2. The molecule has 0 radical (unpaired) electrons. The number of ether oxygens (including phenoxy) is 1. The van der Waals surface area contributed by atoms with E-state index in [1.165, 1.54) is 0 Å². The van der Waals surface area contributed by atoms with Crippen LogP contribution in [0.2, 0.25) is 0 Å². The minimum absolute atomic E-state index is 0.0475. The number of rotatable bonds is 3. The first-order chi connectivity index (χ1) is 8.55. The van der Waals surface area contributed by atoms with Crippen molar-refractivity contribution in [3.8, 4) is 0 Å². The SMILES string of the molecule is CCCC1CC2(CCO1)NC(=NC(C)C)NC2=O. The normalized spacial score (nSPS) is 34.1. The average Bonchev–Trinajstić information content (AvgIpc) is 2.54. The summed E-state index contributed by atoms with van der Waals surface area (Å²) < 4.78 is 5.71. The van der Waals surface area contributed by atoms with Crippen molar-refractivity contribution in [3.63, 3.8) is 0 Å². The first-order valence-corrected chi connectivity index (χ1v) is 6.85.